The third-order valence-corrected chi connectivity index (χ3v) is 14.2. The molecule has 13 nitrogen and oxygen atoms in total. The first-order valence-electron chi connectivity index (χ1n) is 18.0. The summed E-state index contributed by atoms with van der Waals surface area (Å²) in [5, 5.41) is 29.3. The number of nitrogens with zero attached hydrogens (tertiary/aromatic N) is 1. The van der Waals surface area contributed by atoms with Crippen molar-refractivity contribution in [3.63, 3.8) is 0 Å². The molecule has 276 valence electrons. The van der Waals surface area contributed by atoms with Gasteiger partial charge in [-0.1, -0.05) is 26.0 Å². The van der Waals surface area contributed by atoms with E-state index in [-0.39, 0.29) is 72.7 Å². The quantitative estimate of drug-likeness (QED) is 0.233. The summed E-state index contributed by atoms with van der Waals surface area (Å²) in [6, 6.07) is 6.16. The van der Waals surface area contributed by atoms with Crippen LogP contribution in [0.2, 0.25) is 0 Å². The number of likely N-dealkylation sites (N-methyl/N-ethyl adjacent to an activating group) is 1. The van der Waals surface area contributed by atoms with Gasteiger partial charge >= 0.3 is 5.97 Å². The van der Waals surface area contributed by atoms with Crippen molar-refractivity contribution in [1.29, 1.82) is 0 Å². The van der Waals surface area contributed by atoms with Crippen molar-refractivity contribution in [2.24, 2.45) is 46.2 Å². The molecule has 1 aliphatic heterocycles. The number of aliphatic hydroxyl groups is 2. The summed E-state index contributed by atoms with van der Waals surface area (Å²) >= 11 is 0. The number of benzene rings is 1. The topological polar surface area (TPSA) is 179 Å². The van der Waals surface area contributed by atoms with Crippen LogP contribution in [0.4, 0.5) is 5.69 Å². The van der Waals surface area contributed by atoms with Crippen LogP contribution < -0.4 is 11.1 Å². The lowest BCUT2D eigenvalue weighted by Crippen LogP contribution is -2.82. The standard InChI is InChI=1S/C37H53N3O10/c1-7-40-17-34(18-50-32(43)20-10-8-9-11-23(20)39-31(42)19(2)14-26(38)41)13-12-25(47-4)36-22-15-21-24(46-3)16-35(44,27(22)28(21)48-5)37(45,33(36)40)30(49-6)29(34)36/h8-11,19,21-22,24-25,27-30,33,44-45H,7,12-18H2,1-6H3,(H2,38,41)(H,39,42)/t19?,21-,22-,24+,25?,27-,28+,29-,30+,33+,34+,35-,36?,37+/m1/s1. The average Bonchev–Trinajstić information content (AvgIpc) is 3.52. The van der Waals surface area contributed by atoms with E-state index in [4.69, 9.17) is 29.4 Å². The predicted octanol–water partition coefficient (Wildman–Crippen LogP) is 1.59. The van der Waals surface area contributed by atoms with E-state index in [1.807, 2.05) is 0 Å². The van der Waals surface area contributed by atoms with Gasteiger partial charge in [-0.05, 0) is 43.9 Å². The molecule has 2 amide bonds. The molecule has 1 heterocycles. The summed E-state index contributed by atoms with van der Waals surface area (Å²) in [4.78, 5) is 40.5. The van der Waals surface area contributed by atoms with Gasteiger partial charge in [0.15, 0.2) is 0 Å². The van der Waals surface area contributed by atoms with Crippen LogP contribution in [0.1, 0.15) is 56.3 Å². The Hall–Kier alpha value is -2.65. The number of para-hydroxylation sites is 1. The van der Waals surface area contributed by atoms with Gasteiger partial charge in [0.1, 0.15) is 11.2 Å². The first kappa shape index (κ1) is 35.7. The molecule has 0 aromatic heterocycles. The van der Waals surface area contributed by atoms with E-state index >= 15 is 0 Å². The van der Waals surface area contributed by atoms with Gasteiger partial charge in [-0.3, -0.25) is 14.5 Å². The zero-order valence-corrected chi connectivity index (χ0v) is 29.9. The lowest BCUT2D eigenvalue weighted by Gasteiger charge is -2.70. The number of rotatable bonds is 12. The SMILES string of the molecule is CCN1C[C@]2(COC(=O)c3ccccc3NC(=O)C(C)CC(N)=O)CCC(OC)C34[C@@H]5C[C@H]6[C@H](OC)[C@@H]5[C@](O)(C[C@@H]6OC)[C@](O)([C@@H](OC)[C@@H]32)[C@@H]14. The average molecular weight is 700 g/mol. The molecule has 6 fully saturated rings. The summed E-state index contributed by atoms with van der Waals surface area (Å²) in [5.74, 6) is -3.02. The van der Waals surface area contributed by atoms with E-state index in [9.17, 15) is 24.6 Å². The minimum Gasteiger partial charge on any atom is -0.461 e. The van der Waals surface area contributed by atoms with Gasteiger partial charge < -0.3 is 44.9 Å². The number of hydrogen-bond acceptors (Lipinski definition) is 11. The number of amides is 2. The maximum absolute atomic E-state index is 14.0. The largest absolute Gasteiger partial charge is 0.461 e. The van der Waals surface area contributed by atoms with Crippen molar-refractivity contribution in [3.8, 4) is 0 Å². The van der Waals surface area contributed by atoms with Crippen molar-refractivity contribution in [2.75, 3.05) is 53.5 Å². The highest BCUT2D eigenvalue weighted by atomic mass is 16.5. The van der Waals surface area contributed by atoms with Gasteiger partial charge in [0, 0.05) is 82.3 Å². The third kappa shape index (κ3) is 4.46. The van der Waals surface area contributed by atoms with Gasteiger partial charge in [-0.25, -0.2) is 4.79 Å². The van der Waals surface area contributed by atoms with Crippen LogP contribution in [0.5, 0.6) is 0 Å². The van der Waals surface area contributed by atoms with E-state index in [1.165, 1.54) is 0 Å². The highest BCUT2D eigenvalue weighted by Crippen LogP contribution is 2.80. The number of methoxy groups -OCH3 is 4. The normalized spacial score (nSPS) is 44.4. The lowest BCUT2D eigenvalue weighted by atomic mass is 9.42. The Balaban J connectivity index is 1.29. The second-order valence-corrected chi connectivity index (χ2v) is 15.9. The van der Waals surface area contributed by atoms with Gasteiger partial charge in [-0.2, -0.15) is 0 Å². The second kappa shape index (κ2) is 12.5. The Bertz CT molecular complexity index is 1530. The van der Waals surface area contributed by atoms with Gasteiger partial charge in [0.25, 0.3) is 0 Å². The summed E-state index contributed by atoms with van der Waals surface area (Å²) in [6.45, 7) is 4.84. The number of nitrogens with one attached hydrogen (secondary N) is 1. The van der Waals surface area contributed by atoms with Crippen LogP contribution in [-0.4, -0.2) is 123 Å². The number of primary amides is 1. The van der Waals surface area contributed by atoms with E-state index in [1.54, 1.807) is 59.6 Å². The van der Waals surface area contributed by atoms with E-state index in [2.05, 4.69) is 17.1 Å². The predicted molar refractivity (Wildman–Crippen MR) is 180 cm³/mol. The number of anilines is 1. The fourth-order valence-corrected chi connectivity index (χ4v) is 12.7. The number of ether oxygens (including phenoxy) is 5. The molecule has 7 rings (SSSR count). The van der Waals surface area contributed by atoms with Crippen LogP contribution in [0.25, 0.3) is 0 Å². The van der Waals surface area contributed by atoms with Crippen LogP contribution in [0.3, 0.4) is 0 Å². The molecule has 1 aromatic carbocycles. The Kier molecular flexibility index (Phi) is 8.93. The van der Waals surface area contributed by atoms with E-state index in [0.717, 1.165) is 6.42 Å². The fourth-order valence-electron chi connectivity index (χ4n) is 12.7. The van der Waals surface area contributed by atoms with Crippen molar-refractivity contribution in [1.82, 2.24) is 4.90 Å². The molecule has 6 aliphatic rings. The number of likely N-dealkylation sites (tertiary alicyclic amines) is 1. The molecule has 5 aliphatic carbocycles. The van der Waals surface area contributed by atoms with Crippen LogP contribution >= 0.6 is 0 Å². The Morgan fingerprint density at radius 1 is 1.08 bits per heavy atom. The van der Waals surface area contributed by atoms with Crippen LogP contribution in [0, 0.1) is 40.4 Å². The van der Waals surface area contributed by atoms with Gasteiger partial charge in [0.2, 0.25) is 11.8 Å². The lowest BCUT2D eigenvalue weighted by molar-refractivity contribution is -0.320. The summed E-state index contributed by atoms with van der Waals surface area (Å²) in [7, 11) is 6.69. The molecule has 7 bridgehead atoms. The maximum atomic E-state index is 14.0. The maximum Gasteiger partial charge on any atom is 0.340 e. The first-order chi connectivity index (χ1) is 23.8. The Labute approximate surface area is 293 Å². The molecule has 1 aromatic rings. The molecule has 50 heavy (non-hydrogen) atoms. The molecule has 14 atom stereocenters. The van der Waals surface area contributed by atoms with Crippen molar-refractivity contribution in [2.45, 2.75) is 87.6 Å². The van der Waals surface area contributed by atoms with Crippen molar-refractivity contribution >= 4 is 23.5 Å². The van der Waals surface area contributed by atoms with E-state index < -0.39 is 57.9 Å². The third-order valence-electron chi connectivity index (χ3n) is 14.2. The zero-order chi connectivity index (χ0) is 36.0. The molecular weight excluding hydrogens is 646 g/mol. The molecule has 13 heteroatoms. The number of fused-ring (bicyclic) bond motifs is 2. The fraction of sp³-hybridized carbons (Fsp3) is 0.757. The number of piperidine rings is 1. The van der Waals surface area contributed by atoms with Crippen molar-refractivity contribution < 1.29 is 48.3 Å². The molecule has 1 saturated heterocycles. The minimum atomic E-state index is -1.70. The zero-order valence-electron chi connectivity index (χ0n) is 29.9. The smallest absolute Gasteiger partial charge is 0.340 e. The second-order valence-electron chi connectivity index (χ2n) is 15.9. The number of esters is 1. The minimum absolute atomic E-state index is 0.0402. The molecule has 1 spiro atoms. The Morgan fingerprint density at radius 2 is 1.82 bits per heavy atom. The molecule has 5 N–H and O–H groups in total. The number of carbonyl (C=O) groups excluding carboxylic acids is 3. The summed E-state index contributed by atoms with van der Waals surface area (Å²) < 4.78 is 31.3. The van der Waals surface area contributed by atoms with Crippen molar-refractivity contribution in [3.05, 3.63) is 29.8 Å². The first-order valence-corrected chi connectivity index (χ1v) is 18.0. The monoisotopic (exact) mass is 699 g/mol. The highest BCUT2D eigenvalue weighted by molar-refractivity contribution is 6.02. The molecule has 5 saturated carbocycles. The molecule has 3 unspecified atom stereocenters. The number of hydrogen-bond donors (Lipinski definition) is 4. The molecule has 0 radical (unpaired) electrons. The summed E-state index contributed by atoms with van der Waals surface area (Å²) in [5.41, 5.74) is 1.21. The number of carbonyl (C=O) groups is 3. The van der Waals surface area contributed by atoms with Crippen LogP contribution in [0.15, 0.2) is 24.3 Å². The van der Waals surface area contributed by atoms with Gasteiger partial charge in [-0.15, -0.1) is 0 Å². The number of nitrogens with two attached hydrogens (primary N) is 1. The highest BCUT2D eigenvalue weighted by Gasteiger charge is 2.91. The Morgan fingerprint density at radius 3 is 2.46 bits per heavy atom. The molecular formula is C37H53N3O10. The summed E-state index contributed by atoms with van der Waals surface area (Å²) in [6.07, 6.45) is 0.586. The van der Waals surface area contributed by atoms with Crippen LogP contribution in [-0.2, 0) is 33.3 Å². The van der Waals surface area contributed by atoms with Gasteiger partial charge in [0.05, 0.1) is 48.3 Å². The van der Waals surface area contributed by atoms with E-state index in [0.29, 0.717) is 25.9 Å².